The number of aromatic nitrogens is 2. The summed E-state index contributed by atoms with van der Waals surface area (Å²) in [5.41, 5.74) is 2.22. The molecule has 4 heteroatoms. The van der Waals surface area contributed by atoms with Crippen LogP contribution >= 0.6 is 0 Å². The van der Waals surface area contributed by atoms with Crippen molar-refractivity contribution in [1.29, 1.82) is 0 Å². The van der Waals surface area contributed by atoms with Crippen LogP contribution in [0.3, 0.4) is 0 Å². The molecule has 1 aromatic rings. The number of nitrogens with one attached hydrogen (secondary N) is 2. The van der Waals surface area contributed by atoms with Crippen molar-refractivity contribution in [3.05, 3.63) is 17.5 Å². The van der Waals surface area contributed by atoms with Crippen LogP contribution < -0.4 is 10.6 Å². The lowest BCUT2D eigenvalue weighted by Gasteiger charge is -2.25. The molecule has 114 valence electrons. The van der Waals surface area contributed by atoms with Crippen LogP contribution in [0.5, 0.6) is 0 Å². The third-order valence-electron chi connectivity index (χ3n) is 3.85. The highest BCUT2D eigenvalue weighted by atomic mass is 15.1. The molecule has 0 amide bonds. The lowest BCUT2D eigenvalue weighted by Crippen LogP contribution is -2.25. The van der Waals surface area contributed by atoms with Crippen molar-refractivity contribution in [2.45, 2.75) is 48.1 Å². The number of nitrogens with zero attached hydrogens (tertiary/aromatic N) is 2. The van der Waals surface area contributed by atoms with E-state index in [0.29, 0.717) is 17.8 Å². The molecule has 4 nitrogen and oxygen atoms in total. The van der Waals surface area contributed by atoms with Gasteiger partial charge in [0.05, 0.1) is 0 Å². The Bertz CT molecular complexity index is 393. The highest BCUT2D eigenvalue weighted by Crippen LogP contribution is 2.20. The van der Waals surface area contributed by atoms with E-state index in [1.165, 1.54) is 5.56 Å². The van der Waals surface area contributed by atoms with Gasteiger partial charge >= 0.3 is 0 Å². The van der Waals surface area contributed by atoms with Gasteiger partial charge in [0.1, 0.15) is 0 Å². The normalized spacial score (nSPS) is 11.7. The van der Waals surface area contributed by atoms with Crippen molar-refractivity contribution in [2.24, 2.45) is 17.8 Å². The van der Waals surface area contributed by atoms with Gasteiger partial charge in [-0.1, -0.05) is 34.6 Å². The van der Waals surface area contributed by atoms with Gasteiger partial charge in [0, 0.05) is 30.5 Å². The number of anilines is 1. The minimum absolute atomic E-state index is 0.639. The summed E-state index contributed by atoms with van der Waals surface area (Å²) in [5.74, 6) is 2.71. The quantitative estimate of drug-likeness (QED) is 0.766. The summed E-state index contributed by atoms with van der Waals surface area (Å²) in [6.45, 7) is 16.0. The maximum Gasteiger partial charge on any atom is 0.222 e. The molecule has 2 N–H and O–H groups in total. The summed E-state index contributed by atoms with van der Waals surface area (Å²) >= 11 is 0. The van der Waals surface area contributed by atoms with Crippen LogP contribution in [-0.4, -0.2) is 23.1 Å². The van der Waals surface area contributed by atoms with Crippen molar-refractivity contribution in [3.8, 4) is 0 Å². The molecule has 0 fully saturated rings. The summed E-state index contributed by atoms with van der Waals surface area (Å²) < 4.78 is 0. The van der Waals surface area contributed by atoms with Crippen molar-refractivity contribution < 1.29 is 0 Å². The Hall–Kier alpha value is -1.16. The van der Waals surface area contributed by atoms with Gasteiger partial charge in [-0.05, 0) is 31.2 Å². The molecule has 0 saturated carbocycles. The molecule has 1 rings (SSSR count). The smallest absolute Gasteiger partial charge is 0.222 e. The van der Waals surface area contributed by atoms with Crippen LogP contribution in [0.4, 0.5) is 5.95 Å². The summed E-state index contributed by atoms with van der Waals surface area (Å²) in [4.78, 5) is 8.98. The summed E-state index contributed by atoms with van der Waals surface area (Å²) in [6.07, 6.45) is 1.92. The average molecular weight is 278 g/mol. The molecule has 0 aliphatic carbocycles. The predicted octanol–water partition coefficient (Wildman–Crippen LogP) is 3.23. The second-order valence-electron chi connectivity index (χ2n) is 6.12. The van der Waals surface area contributed by atoms with Crippen molar-refractivity contribution in [3.63, 3.8) is 0 Å². The maximum atomic E-state index is 4.55. The van der Waals surface area contributed by atoms with Crippen LogP contribution in [0, 0.1) is 24.7 Å². The molecule has 0 aliphatic rings. The van der Waals surface area contributed by atoms with Gasteiger partial charge in [-0.25, -0.2) is 9.97 Å². The second-order valence-corrected chi connectivity index (χ2v) is 6.12. The van der Waals surface area contributed by atoms with E-state index in [4.69, 9.17) is 0 Å². The minimum Gasteiger partial charge on any atom is -0.354 e. The monoisotopic (exact) mass is 278 g/mol. The zero-order chi connectivity index (χ0) is 15.1. The largest absolute Gasteiger partial charge is 0.354 e. The summed E-state index contributed by atoms with van der Waals surface area (Å²) in [7, 11) is 0. The second kappa shape index (κ2) is 8.20. The van der Waals surface area contributed by atoms with E-state index < -0.39 is 0 Å². The molecular formula is C16H30N4. The molecule has 0 radical (unpaired) electrons. The molecule has 0 saturated heterocycles. The fourth-order valence-electron chi connectivity index (χ4n) is 2.46. The van der Waals surface area contributed by atoms with Gasteiger partial charge in [0.2, 0.25) is 5.95 Å². The zero-order valence-corrected chi connectivity index (χ0v) is 13.8. The fourth-order valence-corrected chi connectivity index (χ4v) is 2.46. The van der Waals surface area contributed by atoms with Crippen LogP contribution in [0.2, 0.25) is 0 Å². The first kappa shape index (κ1) is 16.9. The molecule has 0 bridgehead atoms. The van der Waals surface area contributed by atoms with Gasteiger partial charge in [0.15, 0.2) is 0 Å². The predicted molar refractivity (Wildman–Crippen MR) is 85.8 cm³/mol. The SMILES string of the molecule is CCNCc1cnc(NCC(C(C)C)C(C)C)nc1C. The Morgan fingerprint density at radius 2 is 1.80 bits per heavy atom. The minimum atomic E-state index is 0.639. The van der Waals surface area contributed by atoms with E-state index in [2.05, 4.69) is 55.2 Å². The Morgan fingerprint density at radius 1 is 1.15 bits per heavy atom. The van der Waals surface area contributed by atoms with Crippen molar-refractivity contribution in [2.75, 3.05) is 18.4 Å². The van der Waals surface area contributed by atoms with Crippen LogP contribution in [0.1, 0.15) is 45.9 Å². The van der Waals surface area contributed by atoms with E-state index in [1.807, 2.05) is 13.1 Å². The van der Waals surface area contributed by atoms with E-state index in [9.17, 15) is 0 Å². The standard InChI is InChI=1S/C16H30N4/c1-7-17-8-14-9-18-16(20-13(14)6)19-10-15(11(2)3)12(4)5/h9,11-12,15,17H,7-8,10H2,1-6H3,(H,18,19,20). The molecule has 1 aromatic heterocycles. The Kier molecular flexibility index (Phi) is 6.93. The van der Waals surface area contributed by atoms with Crippen molar-refractivity contribution in [1.82, 2.24) is 15.3 Å². The van der Waals surface area contributed by atoms with Gasteiger partial charge in [0.25, 0.3) is 0 Å². The Labute approximate surface area is 123 Å². The number of hydrogen-bond donors (Lipinski definition) is 2. The number of rotatable bonds is 8. The van der Waals surface area contributed by atoms with Gasteiger partial charge in [-0.3, -0.25) is 0 Å². The fraction of sp³-hybridized carbons (Fsp3) is 0.750. The first-order valence-electron chi connectivity index (χ1n) is 7.72. The Morgan fingerprint density at radius 3 is 2.30 bits per heavy atom. The highest BCUT2D eigenvalue weighted by Gasteiger charge is 2.17. The van der Waals surface area contributed by atoms with E-state index in [0.717, 1.165) is 31.3 Å². The first-order chi connectivity index (χ1) is 9.45. The lowest BCUT2D eigenvalue weighted by atomic mass is 9.85. The maximum absolute atomic E-state index is 4.55. The average Bonchev–Trinajstić information content (AvgIpc) is 2.37. The van der Waals surface area contributed by atoms with Gasteiger partial charge in [-0.15, -0.1) is 0 Å². The molecule has 20 heavy (non-hydrogen) atoms. The van der Waals surface area contributed by atoms with Gasteiger partial charge in [-0.2, -0.15) is 0 Å². The van der Waals surface area contributed by atoms with Crippen LogP contribution in [0.25, 0.3) is 0 Å². The molecule has 0 unspecified atom stereocenters. The molecule has 0 aliphatic heterocycles. The molecule has 0 atom stereocenters. The number of aryl methyl sites for hydroxylation is 1. The van der Waals surface area contributed by atoms with E-state index in [-0.39, 0.29) is 0 Å². The zero-order valence-electron chi connectivity index (χ0n) is 13.8. The molecule has 0 spiro atoms. The van der Waals surface area contributed by atoms with Crippen LogP contribution in [0.15, 0.2) is 6.20 Å². The van der Waals surface area contributed by atoms with Crippen molar-refractivity contribution >= 4 is 5.95 Å². The lowest BCUT2D eigenvalue weighted by molar-refractivity contribution is 0.304. The van der Waals surface area contributed by atoms with Crippen LogP contribution in [-0.2, 0) is 6.54 Å². The third-order valence-corrected chi connectivity index (χ3v) is 3.85. The Balaban J connectivity index is 2.62. The number of hydrogen-bond acceptors (Lipinski definition) is 4. The van der Waals surface area contributed by atoms with Gasteiger partial charge < -0.3 is 10.6 Å². The highest BCUT2D eigenvalue weighted by molar-refractivity contribution is 5.29. The summed E-state index contributed by atoms with van der Waals surface area (Å²) in [5, 5.41) is 6.69. The summed E-state index contributed by atoms with van der Waals surface area (Å²) in [6, 6.07) is 0. The first-order valence-corrected chi connectivity index (χ1v) is 7.72. The molecular weight excluding hydrogens is 248 g/mol. The van der Waals surface area contributed by atoms with E-state index in [1.54, 1.807) is 0 Å². The topological polar surface area (TPSA) is 49.8 Å². The molecule has 0 aromatic carbocycles. The van der Waals surface area contributed by atoms with E-state index >= 15 is 0 Å². The third kappa shape index (κ3) is 5.08. The molecule has 1 heterocycles.